The van der Waals surface area contributed by atoms with Crippen LogP contribution in [-0.4, -0.2) is 0 Å². The summed E-state index contributed by atoms with van der Waals surface area (Å²) < 4.78 is 6.44. The van der Waals surface area contributed by atoms with E-state index in [9.17, 15) is 0 Å². The molecule has 1 heteroatoms. The van der Waals surface area contributed by atoms with Gasteiger partial charge in [0.1, 0.15) is 11.2 Å². The summed E-state index contributed by atoms with van der Waals surface area (Å²) in [6.07, 6.45) is 0.893. The third-order valence-electron chi connectivity index (χ3n) is 4.89. The molecule has 0 fully saturated rings. The maximum absolute atomic E-state index is 6.44. The summed E-state index contributed by atoms with van der Waals surface area (Å²) in [6.45, 7) is 8.86. The number of para-hydroxylation sites is 2. The standard InChI is InChI=1S/C24H24O/c1-16-8-5-9-17(14-16)15-18-10-6-11-19-20-12-7-13-21(24(2,3)4)23(20)25-22(18)19/h5-14H,15H2,1-4H3. The molecule has 0 spiro atoms. The van der Waals surface area contributed by atoms with Crippen LogP contribution in [0.3, 0.4) is 0 Å². The Morgan fingerprint density at radius 2 is 1.48 bits per heavy atom. The van der Waals surface area contributed by atoms with Crippen molar-refractivity contribution in [3.05, 3.63) is 82.9 Å². The quantitative estimate of drug-likeness (QED) is 0.395. The summed E-state index contributed by atoms with van der Waals surface area (Å²) in [5.41, 5.74) is 7.25. The minimum absolute atomic E-state index is 0.0596. The van der Waals surface area contributed by atoms with Gasteiger partial charge in [-0.25, -0.2) is 0 Å². The van der Waals surface area contributed by atoms with Gasteiger partial charge in [0.15, 0.2) is 0 Å². The number of hydrogen-bond donors (Lipinski definition) is 0. The van der Waals surface area contributed by atoms with Crippen molar-refractivity contribution < 1.29 is 4.42 Å². The minimum Gasteiger partial charge on any atom is -0.455 e. The average molecular weight is 328 g/mol. The average Bonchev–Trinajstić information content (AvgIpc) is 2.94. The predicted molar refractivity (Wildman–Crippen MR) is 106 cm³/mol. The molecule has 1 heterocycles. The van der Waals surface area contributed by atoms with Crippen LogP contribution in [0.1, 0.15) is 43.0 Å². The first-order valence-corrected chi connectivity index (χ1v) is 8.92. The summed E-state index contributed by atoms with van der Waals surface area (Å²) in [5, 5.41) is 2.43. The molecule has 0 amide bonds. The van der Waals surface area contributed by atoms with Crippen molar-refractivity contribution in [2.75, 3.05) is 0 Å². The number of benzene rings is 3. The molecule has 0 N–H and O–H groups in total. The number of fused-ring (bicyclic) bond motifs is 3. The summed E-state index contributed by atoms with van der Waals surface area (Å²) in [7, 11) is 0. The lowest BCUT2D eigenvalue weighted by Gasteiger charge is -2.18. The van der Waals surface area contributed by atoms with Crippen LogP contribution in [-0.2, 0) is 11.8 Å². The topological polar surface area (TPSA) is 13.1 Å². The molecule has 3 aromatic carbocycles. The lowest BCUT2D eigenvalue weighted by atomic mass is 9.86. The molecule has 1 aromatic heterocycles. The summed E-state index contributed by atoms with van der Waals surface area (Å²) >= 11 is 0. The highest BCUT2D eigenvalue weighted by Crippen LogP contribution is 2.37. The van der Waals surface area contributed by atoms with Gasteiger partial charge in [-0.2, -0.15) is 0 Å². The smallest absolute Gasteiger partial charge is 0.139 e. The molecular weight excluding hydrogens is 304 g/mol. The fraction of sp³-hybridized carbons (Fsp3) is 0.250. The van der Waals surface area contributed by atoms with Crippen LogP contribution in [0.25, 0.3) is 21.9 Å². The molecule has 0 atom stereocenters. The van der Waals surface area contributed by atoms with Gasteiger partial charge in [-0.3, -0.25) is 0 Å². The van der Waals surface area contributed by atoms with Crippen LogP contribution in [0.4, 0.5) is 0 Å². The van der Waals surface area contributed by atoms with E-state index in [0.717, 1.165) is 17.6 Å². The van der Waals surface area contributed by atoms with Gasteiger partial charge < -0.3 is 4.42 Å². The molecule has 0 saturated heterocycles. The molecular formula is C24H24O. The molecule has 0 aliphatic rings. The van der Waals surface area contributed by atoms with E-state index in [4.69, 9.17) is 4.42 Å². The van der Waals surface area contributed by atoms with Crippen LogP contribution in [0, 0.1) is 6.92 Å². The summed E-state index contributed by atoms with van der Waals surface area (Å²) in [4.78, 5) is 0. The van der Waals surface area contributed by atoms with E-state index >= 15 is 0 Å². The van der Waals surface area contributed by atoms with E-state index in [1.807, 2.05) is 0 Å². The fourth-order valence-electron chi connectivity index (χ4n) is 3.65. The van der Waals surface area contributed by atoms with E-state index < -0.39 is 0 Å². The van der Waals surface area contributed by atoms with Crippen molar-refractivity contribution in [1.29, 1.82) is 0 Å². The lowest BCUT2D eigenvalue weighted by Crippen LogP contribution is -2.10. The number of rotatable bonds is 2. The van der Waals surface area contributed by atoms with E-state index in [-0.39, 0.29) is 5.41 Å². The van der Waals surface area contributed by atoms with E-state index in [0.29, 0.717) is 0 Å². The molecule has 4 aromatic rings. The highest BCUT2D eigenvalue weighted by atomic mass is 16.3. The maximum atomic E-state index is 6.44. The summed E-state index contributed by atoms with van der Waals surface area (Å²) in [5.74, 6) is 0. The molecule has 126 valence electrons. The SMILES string of the molecule is Cc1cccc(Cc2cccc3c2oc2c(C(C)(C)C)cccc23)c1. The fourth-order valence-corrected chi connectivity index (χ4v) is 3.65. The van der Waals surface area contributed by atoms with Crippen LogP contribution in [0.5, 0.6) is 0 Å². The molecule has 0 bridgehead atoms. The minimum atomic E-state index is 0.0596. The van der Waals surface area contributed by atoms with Crippen LogP contribution >= 0.6 is 0 Å². The van der Waals surface area contributed by atoms with Crippen LogP contribution in [0.15, 0.2) is 65.1 Å². The predicted octanol–water partition coefficient (Wildman–Crippen LogP) is 6.78. The normalized spacial score (nSPS) is 12.2. The van der Waals surface area contributed by atoms with E-state index in [1.165, 1.54) is 33.0 Å². The molecule has 0 saturated carbocycles. The Labute approximate surface area is 149 Å². The Balaban J connectivity index is 1.92. The van der Waals surface area contributed by atoms with Gasteiger partial charge >= 0.3 is 0 Å². The van der Waals surface area contributed by atoms with Gasteiger partial charge in [0.05, 0.1) is 0 Å². The highest BCUT2D eigenvalue weighted by molar-refractivity contribution is 6.07. The zero-order valence-electron chi connectivity index (χ0n) is 15.4. The second kappa shape index (κ2) is 5.77. The van der Waals surface area contributed by atoms with Gasteiger partial charge in [-0.05, 0) is 23.5 Å². The van der Waals surface area contributed by atoms with Crippen molar-refractivity contribution >= 4 is 21.9 Å². The Kier molecular flexibility index (Phi) is 3.68. The summed E-state index contributed by atoms with van der Waals surface area (Å²) in [6, 6.07) is 21.7. The van der Waals surface area contributed by atoms with Gasteiger partial charge in [0.2, 0.25) is 0 Å². The molecule has 0 radical (unpaired) electrons. The van der Waals surface area contributed by atoms with Gasteiger partial charge in [0.25, 0.3) is 0 Å². The third-order valence-corrected chi connectivity index (χ3v) is 4.89. The first-order valence-electron chi connectivity index (χ1n) is 8.92. The van der Waals surface area contributed by atoms with E-state index in [2.05, 4.69) is 88.4 Å². The second-order valence-corrected chi connectivity index (χ2v) is 7.99. The van der Waals surface area contributed by atoms with Crippen molar-refractivity contribution in [2.45, 2.75) is 39.5 Å². The first-order chi connectivity index (χ1) is 11.9. The molecule has 0 unspecified atom stereocenters. The highest BCUT2D eigenvalue weighted by Gasteiger charge is 2.21. The van der Waals surface area contributed by atoms with Crippen molar-refractivity contribution in [3.8, 4) is 0 Å². The third kappa shape index (κ3) is 2.84. The number of furan rings is 1. The number of aryl methyl sites for hydroxylation is 1. The van der Waals surface area contributed by atoms with Crippen molar-refractivity contribution in [3.63, 3.8) is 0 Å². The maximum Gasteiger partial charge on any atom is 0.139 e. The molecule has 25 heavy (non-hydrogen) atoms. The van der Waals surface area contributed by atoms with Gasteiger partial charge in [0, 0.05) is 22.8 Å². The largest absolute Gasteiger partial charge is 0.455 e. The van der Waals surface area contributed by atoms with Crippen molar-refractivity contribution in [1.82, 2.24) is 0 Å². The molecule has 4 rings (SSSR count). The molecule has 0 aliphatic carbocycles. The Bertz CT molecular complexity index is 1060. The number of hydrogen-bond acceptors (Lipinski definition) is 1. The van der Waals surface area contributed by atoms with Crippen molar-refractivity contribution in [2.24, 2.45) is 0 Å². The van der Waals surface area contributed by atoms with Gasteiger partial charge in [-0.1, -0.05) is 87.0 Å². The zero-order valence-corrected chi connectivity index (χ0v) is 15.4. The lowest BCUT2D eigenvalue weighted by molar-refractivity contribution is 0.572. The molecule has 1 nitrogen and oxygen atoms in total. The monoisotopic (exact) mass is 328 g/mol. The zero-order chi connectivity index (χ0) is 17.6. The van der Waals surface area contributed by atoms with Gasteiger partial charge in [-0.15, -0.1) is 0 Å². The Hall–Kier alpha value is -2.54. The second-order valence-electron chi connectivity index (χ2n) is 7.99. The van der Waals surface area contributed by atoms with E-state index in [1.54, 1.807) is 0 Å². The Morgan fingerprint density at radius 3 is 2.20 bits per heavy atom. The Morgan fingerprint density at radius 1 is 0.800 bits per heavy atom. The molecule has 0 aliphatic heterocycles. The first kappa shape index (κ1) is 16.0. The van der Waals surface area contributed by atoms with Crippen LogP contribution in [0.2, 0.25) is 0 Å². The van der Waals surface area contributed by atoms with Crippen LogP contribution < -0.4 is 0 Å².